The predicted octanol–water partition coefficient (Wildman–Crippen LogP) is 5.63. The summed E-state index contributed by atoms with van der Waals surface area (Å²) in [5.74, 6) is 0.709. The molecule has 6 heteroatoms. The molecule has 2 saturated heterocycles. The second-order valence-electron chi connectivity index (χ2n) is 10.4. The van der Waals surface area contributed by atoms with Gasteiger partial charge in [0.15, 0.2) is 0 Å². The maximum atomic E-state index is 13.5. The van der Waals surface area contributed by atoms with Gasteiger partial charge in [-0.15, -0.1) is 0 Å². The molecule has 1 N–H and O–H groups in total. The summed E-state index contributed by atoms with van der Waals surface area (Å²) in [5, 5.41) is 3.44. The smallest absolute Gasteiger partial charge is 0.263 e. The molecule has 2 heterocycles. The number of piperidine rings is 1. The molecule has 1 amide bonds. The number of allylic oxidation sites excluding steroid dienone is 1. The average Bonchev–Trinajstić information content (AvgIpc) is 3.07. The van der Waals surface area contributed by atoms with Crippen LogP contribution in [0.25, 0.3) is 12.2 Å². The van der Waals surface area contributed by atoms with Crippen molar-refractivity contribution in [1.29, 1.82) is 0 Å². The summed E-state index contributed by atoms with van der Waals surface area (Å²) in [6.45, 7) is 7.85. The van der Waals surface area contributed by atoms with Crippen LogP contribution in [0.2, 0.25) is 0 Å². The zero-order valence-corrected chi connectivity index (χ0v) is 21.0. The van der Waals surface area contributed by atoms with Crippen LogP contribution >= 0.6 is 0 Å². The second kappa shape index (κ2) is 11.1. The number of halogens is 2. The van der Waals surface area contributed by atoms with Crippen molar-refractivity contribution < 1.29 is 13.6 Å². The van der Waals surface area contributed by atoms with Crippen molar-refractivity contribution in [2.45, 2.75) is 45.1 Å². The molecule has 0 unspecified atom stereocenters. The average molecular weight is 492 g/mol. The van der Waals surface area contributed by atoms with Gasteiger partial charge < -0.3 is 10.2 Å². The Bertz CT molecular complexity index is 1140. The first-order valence-corrected chi connectivity index (χ1v) is 13.1. The van der Waals surface area contributed by atoms with Crippen molar-refractivity contribution in [2.75, 3.05) is 39.3 Å². The van der Waals surface area contributed by atoms with Crippen molar-refractivity contribution in [1.82, 2.24) is 15.1 Å². The van der Waals surface area contributed by atoms with Gasteiger partial charge in [-0.1, -0.05) is 54.1 Å². The third kappa shape index (κ3) is 5.76. The molecule has 190 valence electrons. The van der Waals surface area contributed by atoms with Crippen LogP contribution in [-0.4, -0.2) is 55.0 Å². The van der Waals surface area contributed by atoms with Crippen molar-refractivity contribution in [3.63, 3.8) is 0 Å². The molecule has 4 nitrogen and oxygen atoms in total. The first-order valence-electron chi connectivity index (χ1n) is 13.1. The van der Waals surface area contributed by atoms with Gasteiger partial charge >= 0.3 is 0 Å². The van der Waals surface area contributed by atoms with Crippen LogP contribution in [0.1, 0.15) is 66.3 Å². The number of hydrogen-bond acceptors (Lipinski definition) is 3. The minimum absolute atomic E-state index is 0.0552. The highest BCUT2D eigenvalue weighted by molar-refractivity contribution is 5.99. The lowest BCUT2D eigenvalue weighted by Crippen LogP contribution is -2.48. The lowest BCUT2D eigenvalue weighted by atomic mass is 9.88. The Labute approximate surface area is 212 Å². The van der Waals surface area contributed by atoms with Crippen LogP contribution in [0.15, 0.2) is 53.6 Å². The van der Waals surface area contributed by atoms with Crippen molar-refractivity contribution >= 4 is 18.1 Å². The Morgan fingerprint density at radius 1 is 0.972 bits per heavy atom. The van der Waals surface area contributed by atoms with Crippen molar-refractivity contribution in [2.24, 2.45) is 0 Å². The van der Waals surface area contributed by atoms with E-state index in [4.69, 9.17) is 0 Å². The Morgan fingerprint density at radius 3 is 2.39 bits per heavy atom. The van der Waals surface area contributed by atoms with Crippen LogP contribution in [0.4, 0.5) is 8.78 Å². The molecule has 5 rings (SSSR count). The van der Waals surface area contributed by atoms with Crippen LogP contribution in [0.3, 0.4) is 0 Å². The topological polar surface area (TPSA) is 35.6 Å². The molecule has 2 fully saturated rings. The second-order valence-corrected chi connectivity index (χ2v) is 10.4. The molecular formula is C30H35F2N3O. The first kappa shape index (κ1) is 24.8. The summed E-state index contributed by atoms with van der Waals surface area (Å²) >= 11 is 0. The molecule has 0 spiro atoms. The number of piperazine rings is 1. The minimum atomic E-state index is -2.44. The van der Waals surface area contributed by atoms with Gasteiger partial charge in [0.25, 0.3) is 6.43 Å². The van der Waals surface area contributed by atoms with E-state index in [9.17, 15) is 13.6 Å². The third-order valence-electron chi connectivity index (χ3n) is 7.69. The minimum Gasteiger partial charge on any atom is -0.336 e. The van der Waals surface area contributed by atoms with E-state index in [2.05, 4.69) is 47.5 Å². The van der Waals surface area contributed by atoms with E-state index >= 15 is 0 Å². The third-order valence-corrected chi connectivity index (χ3v) is 7.69. The fraction of sp³-hybridized carbons (Fsp3) is 0.433. The Kier molecular flexibility index (Phi) is 7.63. The number of carbonyl (C=O) groups is 1. The van der Waals surface area contributed by atoms with E-state index in [-0.39, 0.29) is 11.5 Å². The van der Waals surface area contributed by atoms with Crippen molar-refractivity contribution in [3.8, 4) is 0 Å². The lowest BCUT2D eigenvalue weighted by Gasteiger charge is -2.35. The Morgan fingerprint density at radius 2 is 1.69 bits per heavy atom. The number of rotatable bonds is 5. The Balaban J connectivity index is 1.25. The highest BCUT2D eigenvalue weighted by atomic mass is 19.3. The molecule has 2 aromatic rings. The summed E-state index contributed by atoms with van der Waals surface area (Å²) in [5.41, 5.74) is 6.86. The number of fused-ring (bicyclic) bond motifs is 1. The predicted molar refractivity (Wildman–Crippen MR) is 141 cm³/mol. The normalized spacial score (nSPS) is 19.5. The van der Waals surface area contributed by atoms with Crippen LogP contribution in [0.5, 0.6) is 0 Å². The summed E-state index contributed by atoms with van der Waals surface area (Å²) < 4.78 is 25.6. The van der Waals surface area contributed by atoms with Crippen LogP contribution in [-0.2, 0) is 11.3 Å². The number of benzene rings is 2. The van der Waals surface area contributed by atoms with Crippen molar-refractivity contribution in [3.05, 3.63) is 81.4 Å². The van der Waals surface area contributed by atoms with Crippen LogP contribution in [0, 0.1) is 0 Å². The molecule has 3 aliphatic rings. The monoisotopic (exact) mass is 491 g/mol. The highest BCUT2D eigenvalue weighted by Gasteiger charge is 2.25. The first-order chi connectivity index (χ1) is 17.5. The fourth-order valence-corrected chi connectivity index (χ4v) is 5.59. The fourth-order valence-electron chi connectivity index (χ4n) is 5.59. The number of amides is 1. The maximum absolute atomic E-state index is 13.5. The summed E-state index contributed by atoms with van der Waals surface area (Å²) in [6.07, 6.45) is 4.89. The Hall–Kier alpha value is -2.83. The molecule has 36 heavy (non-hydrogen) atoms. The molecule has 2 aliphatic heterocycles. The quantitative estimate of drug-likeness (QED) is 0.589. The molecule has 0 aromatic heterocycles. The van der Waals surface area contributed by atoms with Gasteiger partial charge in [0, 0.05) is 43.9 Å². The van der Waals surface area contributed by atoms with Gasteiger partial charge in [0.1, 0.15) is 0 Å². The molecule has 0 radical (unpaired) electrons. The zero-order chi connectivity index (χ0) is 25.1. The number of nitrogens with one attached hydrogen (secondary N) is 1. The summed E-state index contributed by atoms with van der Waals surface area (Å²) in [6, 6.07) is 13.3. The van der Waals surface area contributed by atoms with Gasteiger partial charge in [-0.3, -0.25) is 9.69 Å². The number of nitrogens with zero attached hydrogens (tertiary/aromatic N) is 2. The number of hydrogen-bond donors (Lipinski definition) is 1. The van der Waals surface area contributed by atoms with E-state index in [1.165, 1.54) is 28.8 Å². The van der Waals surface area contributed by atoms with E-state index < -0.39 is 6.43 Å². The standard InChI is InChI=1S/C30H35F2N3O/c1-21-16-25-6-7-26(23-8-10-33-11-9-23)18-27(25)19-28(17-21)30(36)35-14-12-34(13-15-35)20-22-2-4-24(5-3-22)29(31)32/h2-7,16,18-19,23,29,33H,8-15,17,20H2,1H3. The van der Waals surface area contributed by atoms with Gasteiger partial charge in [-0.2, -0.15) is 0 Å². The highest BCUT2D eigenvalue weighted by Crippen LogP contribution is 2.32. The van der Waals surface area contributed by atoms with Gasteiger partial charge in [0.2, 0.25) is 5.91 Å². The SMILES string of the molecule is CC1=Cc2ccc(C3CCNCC3)cc2C=C(C(=O)N2CCN(Cc3ccc(C(F)F)cc3)CC2)C1. The number of carbonyl (C=O) groups excluding carboxylic acids is 1. The van der Waals surface area contributed by atoms with Crippen LogP contribution < -0.4 is 5.32 Å². The molecule has 1 aliphatic carbocycles. The van der Waals surface area contributed by atoms with Gasteiger partial charge in [0.05, 0.1) is 0 Å². The molecule has 0 saturated carbocycles. The summed E-state index contributed by atoms with van der Waals surface area (Å²) in [7, 11) is 0. The van der Waals surface area contributed by atoms with E-state index in [0.717, 1.165) is 55.7 Å². The van der Waals surface area contributed by atoms with Gasteiger partial charge in [-0.05, 0) is 73.5 Å². The molecular weight excluding hydrogens is 456 g/mol. The van der Waals surface area contributed by atoms with E-state index in [0.29, 0.717) is 32.0 Å². The maximum Gasteiger partial charge on any atom is 0.263 e. The molecule has 0 atom stereocenters. The summed E-state index contributed by atoms with van der Waals surface area (Å²) in [4.78, 5) is 17.8. The lowest BCUT2D eigenvalue weighted by molar-refractivity contribution is -0.128. The largest absolute Gasteiger partial charge is 0.336 e. The van der Waals surface area contributed by atoms with E-state index in [1.54, 1.807) is 12.1 Å². The molecule has 0 bridgehead atoms. The molecule has 2 aromatic carbocycles. The van der Waals surface area contributed by atoms with Gasteiger partial charge in [-0.25, -0.2) is 8.78 Å². The number of alkyl halides is 2. The zero-order valence-electron chi connectivity index (χ0n) is 21.0. The van der Waals surface area contributed by atoms with E-state index in [1.807, 2.05) is 4.90 Å².